The van der Waals surface area contributed by atoms with Crippen molar-refractivity contribution in [2.24, 2.45) is 0 Å². The number of carbonyl (C=O) groups is 1. The average molecular weight is 343 g/mol. The minimum atomic E-state index is -3.61. The molecule has 1 aromatic rings. The first-order valence-corrected chi connectivity index (χ1v) is 9.11. The molecule has 1 unspecified atom stereocenters. The van der Waals surface area contributed by atoms with Crippen molar-refractivity contribution >= 4 is 15.9 Å². The van der Waals surface area contributed by atoms with E-state index >= 15 is 0 Å². The van der Waals surface area contributed by atoms with Crippen LogP contribution in [-0.4, -0.2) is 43.4 Å². The average Bonchev–Trinajstić information content (AvgIpc) is 2.46. The molecular weight excluding hydrogens is 321 g/mol. The van der Waals surface area contributed by atoms with E-state index < -0.39 is 32.6 Å². The molecule has 128 valence electrons. The molecule has 1 amide bonds. The van der Waals surface area contributed by atoms with Crippen molar-refractivity contribution in [3.63, 3.8) is 0 Å². The van der Waals surface area contributed by atoms with Crippen LogP contribution < -0.4 is 0 Å². The number of halogens is 1. The summed E-state index contributed by atoms with van der Waals surface area (Å²) in [6.07, 6.45) is 0.556. The molecular formula is C16H22FNO4S. The van der Waals surface area contributed by atoms with Gasteiger partial charge in [0.05, 0.1) is 10.1 Å². The summed E-state index contributed by atoms with van der Waals surface area (Å²) in [5.41, 5.74) is -0.625. The number of benzene rings is 1. The van der Waals surface area contributed by atoms with Crippen LogP contribution in [0.1, 0.15) is 33.6 Å². The highest BCUT2D eigenvalue weighted by atomic mass is 32.2. The Labute approximate surface area is 136 Å². The van der Waals surface area contributed by atoms with Gasteiger partial charge in [-0.1, -0.05) is 0 Å². The Hall–Kier alpha value is -1.63. The molecule has 1 aliphatic rings. The Morgan fingerprint density at radius 1 is 1.26 bits per heavy atom. The quantitative estimate of drug-likeness (QED) is 0.775. The molecule has 1 saturated heterocycles. The highest BCUT2D eigenvalue weighted by Crippen LogP contribution is 2.25. The van der Waals surface area contributed by atoms with Gasteiger partial charge in [0.2, 0.25) is 0 Å². The molecule has 2 rings (SSSR count). The van der Waals surface area contributed by atoms with Gasteiger partial charge in [0, 0.05) is 13.1 Å². The van der Waals surface area contributed by atoms with Gasteiger partial charge in [-0.3, -0.25) is 0 Å². The summed E-state index contributed by atoms with van der Waals surface area (Å²) in [5.74, 6) is -0.483. The second-order valence-corrected chi connectivity index (χ2v) is 8.92. The molecule has 0 radical (unpaired) electrons. The minimum Gasteiger partial charge on any atom is -0.444 e. The first-order chi connectivity index (χ1) is 10.6. The third-order valence-corrected chi connectivity index (χ3v) is 5.80. The smallest absolute Gasteiger partial charge is 0.410 e. The lowest BCUT2D eigenvalue weighted by Crippen LogP contribution is -2.47. The van der Waals surface area contributed by atoms with E-state index in [0.717, 1.165) is 12.1 Å². The number of ether oxygens (including phenoxy) is 1. The fraction of sp³-hybridized carbons (Fsp3) is 0.562. The number of sulfone groups is 1. The van der Waals surface area contributed by atoms with Crippen LogP contribution in [0, 0.1) is 5.82 Å². The number of piperidine rings is 1. The monoisotopic (exact) mass is 343 g/mol. The van der Waals surface area contributed by atoms with Crippen molar-refractivity contribution < 1.29 is 22.3 Å². The zero-order valence-corrected chi connectivity index (χ0v) is 14.4. The Morgan fingerprint density at radius 2 is 1.87 bits per heavy atom. The first kappa shape index (κ1) is 17.7. The molecule has 1 atom stereocenters. The highest BCUT2D eigenvalue weighted by Gasteiger charge is 2.35. The third kappa shape index (κ3) is 4.43. The van der Waals surface area contributed by atoms with Gasteiger partial charge in [0.1, 0.15) is 11.4 Å². The van der Waals surface area contributed by atoms with Crippen molar-refractivity contribution in [1.82, 2.24) is 4.90 Å². The van der Waals surface area contributed by atoms with Gasteiger partial charge in [-0.15, -0.1) is 0 Å². The van der Waals surface area contributed by atoms with E-state index in [1.165, 1.54) is 17.0 Å². The Bertz CT molecular complexity index is 664. The van der Waals surface area contributed by atoms with Gasteiger partial charge in [0.25, 0.3) is 0 Å². The molecule has 23 heavy (non-hydrogen) atoms. The maximum absolute atomic E-state index is 13.0. The Balaban J connectivity index is 2.14. The normalized spacial score (nSPS) is 19.5. The Morgan fingerprint density at radius 3 is 2.43 bits per heavy atom. The Kier molecular flexibility index (Phi) is 4.98. The molecule has 1 heterocycles. The molecule has 0 aromatic heterocycles. The lowest BCUT2D eigenvalue weighted by atomic mass is 10.1. The van der Waals surface area contributed by atoms with Crippen LogP contribution >= 0.6 is 0 Å². The molecule has 1 aromatic carbocycles. The van der Waals surface area contributed by atoms with E-state index in [9.17, 15) is 17.6 Å². The predicted octanol–water partition coefficient (Wildman–Crippen LogP) is 3.00. The van der Waals surface area contributed by atoms with Crippen LogP contribution in [0.3, 0.4) is 0 Å². The fourth-order valence-electron chi connectivity index (χ4n) is 2.50. The van der Waals surface area contributed by atoms with Crippen LogP contribution in [0.15, 0.2) is 29.2 Å². The molecule has 0 saturated carbocycles. The summed E-state index contributed by atoms with van der Waals surface area (Å²) in [6.45, 7) is 5.86. The molecule has 0 N–H and O–H groups in total. The van der Waals surface area contributed by atoms with Crippen molar-refractivity contribution in [1.29, 1.82) is 0 Å². The summed E-state index contributed by atoms with van der Waals surface area (Å²) in [5, 5.41) is -0.700. The van der Waals surface area contributed by atoms with Gasteiger partial charge < -0.3 is 9.64 Å². The van der Waals surface area contributed by atoms with Crippen LogP contribution in [-0.2, 0) is 14.6 Å². The zero-order valence-electron chi connectivity index (χ0n) is 13.6. The van der Waals surface area contributed by atoms with Crippen LogP contribution in [0.4, 0.5) is 9.18 Å². The van der Waals surface area contributed by atoms with E-state index in [2.05, 4.69) is 0 Å². The first-order valence-electron chi connectivity index (χ1n) is 7.57. The predicted molar refractivity (Wildman–Crippen MR) is 84.4 cm³/mol. The molecule has 0 bridgehead atoms. The van der Waals surface area contributed by atoms with Gasteiger partial charge in [-0.25, -0.2) is 17.6 Å². The van der Waals surface area contributed by atoms with Crippen molar-refractivity contribution in [3.05, 3.63) is 30.1 Å². The van der Waals surface area contributed by atoms with Crippen LogP contribution in [0.5, 0.6) is 0 Å². The van der Waals surface area contributed by atoms with Gasteiger partial charge in [-0.2, -0.15) is 0 Å². The van der Waals surface area contributed by atoms with E-state index in [0.29, 0.717) is 19.4 Å². The SMILES string of the molecule is CC(C)(C)OC(=O)N1CCCC(S(=O)(=O)c2ccc(F)cc2)C1. The maximum Gasteiger partial charge on any atom is 0.410 e. The van der Waals surface area contributed by atoms with E-state index in [1.54, 1.807) is 20.8 Å². The van der Waals surface area contributed by atoms with E-state index in [-0.39, 0.29) is 11.4 Å². The summed E-state index contributed by atoms with van der Waals surface area (Å²) >= 11 is 0. The van der Waals surface area contributed by atoms with Crippen molar-refractivity contribution in [2.45, 2.75) is 49.4 Å². The third-order valence-electron chi connectivity index (χ3n) is 3.61. The number of rotatable bonds is 2. The van der Waals surface area contributed by atoms with E-state index in [1.807, 2.05) is 0 Å². The lowest BCUT2D eigenvalue weighted by molar-refractivity contribution is 0.0219. The number of hydrogen-bond donors (Lipinski definition) is 0. The largest absolute Gasteiger partial charge is 0.444 e. The highest BCUT2D eigenvalue weighted by molar-refractivity contribution is 7.92. The molecule has 1 aliphatic heterocycles. The summed E-state index contributed by atoms with van der Waals surface area (Å²) in [6, 6.07) is 4.77. The molecule has 5 nitrogen and oxygen atoms in total. The van der Waals surface area contributed by atoms with Crippen LogP contribution in [0.2, 0.25) is 0 Å². The minimum absolute atomic E-state index is 0.0786. The standard InChI is InChI=1S/C16H22FNO4S/c1-16(2,3)22-15(19)18-10-4-5-14(11-18)23(20,21)13-8-6-12(17)7-9-13/h6-9,14H,4-5,10-11H2,1-3H3. The summed E-state index contributed by atoms with van der Waals surface area (Å²) in [4.78, 5) is 13.6. The van der Waals surface area contributed by atoms with Crippen LogP contribution in [0.25, 0.3) is 0 Å². The second kappa shape index (κ2) is 6.47. The van der Waals surface area contributed by atoms with E-state index in [4.69, 9.17) is 4.74 Å². The zero-order chi connectivity index (χ0) is 17.3. The number of nitrogens with zero attached hydrogens (tertiary/aromatic N) is 1. The topological polar surface area (TPSA) is 63.7 Å². The van der Waals surface area contributed by atoms with Gasteiger partial charge in [0.15, 0.2) is 9.84 Å². The molecule has 7 heteroatoms. The number of carbonyl (C=O) groups excluding carboxylic acids is 1. The molecule has 0 aliphatic carbocycles. The fourth-order valence-corrected chi connectivity index (χ4v) is 4.25. The second-order valence-electron chi connectivity index (χ2n) is 6.69. The van der Waals surface area contributed by atoms with Crippen molar-refractivity contribution in [3.8, 4) is 0 Å². The number of likely N-dealkylation sites (tertiary alicyclic amines) is 1. The van der Waals surface area contributed by atoms with Gasteiger partial charge >= 0.3 is 6.09 Å². The maximum atomic E-state index is 13.0. The number of hydrogen-bond acceptors (Lipinski definition) is 4. The van der Waals surface area contributed by atoms with Gasteiger partial charge in [-0.05, 0) is 57.9 Å². The number of amides is 1. The summed E-state index contributed by atoms with van der Waals surface area (Å²) < 4.78 is 43.6. The lowest BCUT2D eigenvalue weighted by Gasteiger charge is -2.33. The summed E-state index contributed by atoms with van der Waals surface area (Å²) in [7, 11) is -3.61. The molecule has 0 spiro atoms. The van der Waals surface area contributed by atoms with Crippen molar-refractivity contribution in [2.75, 3.05) is 13.1 Å². The molecule has 1 fully saturated rings.